The molecule has 1 aliphatic carbocycles. The van der Waals surface area contributed by atoms with Crippen molar-refractivity contribution in [2.75, 3.05) is 5.73 Å². The average molecular weight is 268 g/mol. The van der Waals surface area contributed by atoms with Crippen LogP contribution in [0.1, 0.15) is 44.7 Å². The minimum absolute atomic E-state index is 0.403. The van der Waals surface area contributed by atoms with Crippen molar-refractivity contribution in [2.45, 2.75) is 39.2 Å². The third kappa shape index (κ3) is 1.94. The molecule has 0 spiro atoms. The van der Waals surface area contributed by atoms with Crippen molar-refractivity contribution in [3.63, 3.8) is 0 Å². The Balaban J connectivity index is 2.08. The van der Waals surface area contributed by atoms with Gasteiger partial charge < -0.3 is 10.3 Å². The summed E-state index contributed by atoms with van der Waals surface area (Å²) in [6.07, 6.45) is 3.49. The molecule has 0 bridgehead atoms. The summed E-state index contributed by atoms with van der Waals surface area (Å²) < 4.78 is 2.14. The molecule has 1 aromatic carbocycles. The van der Waals surface area contributed by atoms with E-state index in [-0.39, 0.29) is 0 Å². The number of anilines is 1. The van der Waals surface area contributed by atoms with Crippen LogP contribution in [0.4, 0.5) is 5.95 Å². The SMILES string of the molecule is CC1CCC(n2c(N)nc3c(C#N)cccc32)CC1C. The highest BCUT2D eigenvalue weighted by atomic mass is 15.2. The van der Waals surface area contributed by atoms with Gasteiger partial charge in [-0.15, -0.1) is 0 Å². The summed E-state index contributed by atoms with van der Waals surface area (Å²) in [6.45, 7) is 4.64. The second-order valence-electron chi connectivity index (χ2n) is 6.05. The molecule has 0 saturated heterocycles. The van der Waals surface area contributed by atoms with Crippen molar-refractivity contribution in [1.82, 2.24) is 9.55 Å². The molecule has 1 aromatic heterocycles. The van der Waals surface area contributed by atoms with Gasteiger partial charge in [0.25, 0.3) is 0 Å². The molecule has 4 nitrogen and oxygen atoms in total. The number of aromatic nitrogens is 2. The number of hydrogen-bond acceptors (Lipinski definition) is 3. The number of benzene rings is 1. The summed E-state index contributed by atoms with van der Waals surface area (Å²) in [6, 6.07) is 8.32. The minimum Gasteiger partial charge on any atom is -0.369 e. The van der Waals surface area contributed by atoms with Crippen molar-refractivity contribution in [3.05, 3.63) is 23.8 Å². The van der Waals surface area contributed by atoms with E-state index < -0.39 is 0 Å². The molecule has 0 amide bonds. The van der Waals surface area contributed by atoms with E-state index in [9.17, 15) is 5.26 Å². The lowest BCUT2D eigenvalue weighted by Gasteiger charge is -2.33. The second-order valence-corrected chi connectivity index (χ2v) is 6.05. The fourth-order valence-electron chi connectivity index (χ4n) is 3.36. The van der Waals surface area contributed by atoms with Gasteiger partial charge in [0, 0.05) is 6.04 Å². The number of nitrogens with zero attached hydrogens (tertiary/aromatic N) is 3. The quantitative estimate of drug-likeness (QED) is 0.860. The molecule has 2 aromatic rings. The second kappa shape index (κ2) is 4.82. The van der Waals surface area contributed by atoms with E-state index in [0.717, 1.165) is 29.8 Å². The smallest absolute Gasteiger partial charge is 0.201 e. The normalized spacial score (nSPS) is 26.6. The van der Waals surface area contributed by atoms with Crippen molar-refractivity contribution >= 4 is 17.0 Å². The summed E-state index contributed by atoms with van der Waals surface area (Å²) in [5, 5.41) is 9.18. The zero-order valence-electron chi connectivity index (χ0n) is 12.0. The zero-order valence-corrected chi connectivity index (χ0v) is 12.0. The van der Waals surface area contributed by atoms with Gasteiger partial charge in [0.05, 0.1) is 11.1 Å². The third-order valence-corrected chi connectivity index (χ3v) is 4.80. The molecule has 2 N–H and O–H groups in total. The van der Waals surface area contributed by atoms with E-state index in [2.05, 4.69) is 29.5 Å². The third-order valence-electron chi connectivity index (χ3n) is 4.80. The Morgan fingerprint density at radius 2 is 2.10 bits per heavy atom. The van der Waals surface area contributed by atoms with E-state index in [4.69, 9.17) is 5.73 Å². The fourth-order valence-corrected chi connectivity index (χ4v) is 3.36. The molecule has 1 aliphatic rings. The van der Waals surface area contributed by atoms with Gasteiger partial charge in [0.15, 0.2) is 0 Å². The van der Waals surface area contributed by atoms with Crippen molar-refractivity contribution in [2.24, 2.45) is 11.8 Å². The largest absolute Gasteiger partial charge is 0.369 e. The highest BCUT2D eigenvalue weighted by Crippen LogP contribution is 2.39. The molecule has 3 atom stereocenters. The first-order chi connectivity index (χ1) is 9.61. The van der Waals surface area contributed by atoms with Crippen LogP contribution in [0.25, 0.3) is 11.0 Å². The zero-order chi connectivity index (χ0) is 14.3. The molecular formula is C16H20N4. The van der Waals surface area contributed by atoms with Gasteiger partial charge in [0.2, 0.25) is 5.95 Å². The maximum Gasteiger partial charge on any atom is 0.201 e. The maximum absolute atomic E-state index is 9.18. The predicted octanol–water partition coefficient (Wildman–Crippen LogP) is 3.49. The fraction of sp³-hybridized carbons (Fsp3) is 0.500. The van der Waals surface area contributed by atoms with Gasteiger partial charge in [-0.2, -0.15) is 5.26 Å². The van der Waals surface area contributed by atoms with Crippen molar-refractivity contribution in [3.8, 4) is 6.07 Å². The monoisotopic (exact) mass is 268 g/mol. The molecule has 1 fully saturated rings. The van der Waals surface area contributed by atoms with Gasteiger partial charge in [-0.25, -0.2) is 4.98 Å². The van der Waals surface area contributed by atoms with Crippen LogP contribution >= 0.6 is 0 Å². The number of hydrogen-bond donors (Lipinski definition) is 1. The van der Waals surface area contributed by atoms with Crippen LogP contribution in [0.3, 0.4) is 0 Å². The van der Waals surface area contributed by atoms with Crippen LogP contribution in [0.15, 0.2) is 18.2 Å². The van der Waals surface area contributed by atoms with E-state index in [1.807, 2.05) is 12.1 Å². The summed E-state index contributed by atoms with van der Waals surface area (Å²) in [4.78, 5) is 4.42. The highest BCUT2D eigenvalue weighted by Gasteiger charge is 2.28. The molecule has 1 saturated carbocycles. The van der Waals surface area contributed by atoms with Gasteiger partial charge in [-0.1, -0.05) is 19.9 Å². The van der Waals surface area contributed by atoms with E-state index in [1.165, 1.54) is 6.42 Å². The van der Waals surface area contributed by atoms with E-state index >= 15 is 0 Å². The molecule has 0 aliphatic heterocycles. The Bertz CT molecular complexity index is 680. The summed E-state index contributed by atoms with van der Waals surface area (Å²) in [5.74, 6) is 2.01. The van der Waals surface area contributed by atoms with Crippen LogP contribution < -0.4 is 5.73 Å². The number of imidazole rings is 1. The van der Waals surface area contributed by atoms with Gasteiger partial charge in [-0.3, -0.25) is 0 Å². The topological polar surface area (TPSA) is 67.6 Å². The number of rotatable bonds is 1. The van der Waals surface area contributed by atoms with E-state index in [0.29, 0.717) is 23.5 Å². The maximum atomic E-state index is 9.18. The Kier molecular flexibility index (Phi) is 3.13. The number of nitrogen functional groups attached to an aromatic ring is 1. The number of para-hydroxylation sites is 1. The van der Waals surface area contributed by atoms with Crippen LogP contribution in [-0.4, -0.2) is 9.55 Å². The van der Waals surface area contributed by atoms with Crippen LogP contribution in [0.2, 0.25) is 0 Å². The number of nitriles is 1. The molecule has 0 radical (unpaired) electrons. The van der Waals surface area contributed by atoms with Gasteiger partial charge >= 0.3 is 0 Å². The molecule has 20 heavy (non-hydrogen) atoms. The summed E-state index contributed by atoms with van der Waals surface area (Å²) >= 11 is 0. The first-order valence-electron chi connectivity index (χ1n) is 7.28. The molecular weight excluding hydrogens is 248 g/mol. The van der Waals surface area contributed by atoms with Crippen LogP contribution in [0.5, 0.6) is 0 Å². The Labute approximate surface area is 119 Å². The summed E-state index contributed by atoms with van der Waals surface area (Å²) in [7, 11) is 0. The molecule has 3 rings (SSSR count). The number of fused-ring (bicyclic) bond motifs is 1. The lowest BCUT2D eigenvalue weighted by atomic mass is 9.79. The van der Waals surface area contributed by atoms with E-state index in [1.54, 1.807) is 6.07 Å². The lowest BCUT2D eigenvalue weighted by molar-refractivity contribution is 0.215. The first kappa shape index (κ1) is 13.0. The Morgan fingerprint density at radius 3 is 2.80 bits per heavy atom. The Hall–Kier alpha value is -2.02. The first-order valence-corrected chi connectivity index (χ1v) is 7.28. The van der Waals surface area contributed by atoms with Crippen LogP contribution in [0, 0.1) is 23.2 Å². The highest BCUT2D eigenvalue weighted by molar-refractivity contribution is 5.84. The van der Waals surface area contributed by atoms with Gasteiger partial charge in [-0.05, 0) is 43.2 Å². The lowest BCUT2D eigenvalue weighted by Crippen LogP contribution is -2.24. The predicted molar refractivity (Wildman–Crippen MR) is 80.1 cm³/mol. The molecule has 104 valence electrons. The average Bonchev–Trinajstić information content (AvgIpc) is 2.78. The molecule has 3 unspecified atom stereocenters. The molecule has 4 heteroatoms. The van der Waals surface area contributed by atoms with Crippen LogP contribution in [-0.2, 0) is 0 Å². The number of nitrogens with two attached hydrogens (primary N) is 1. The van der Waals surface area contributed by atoms with Crippen molar-refractivity contribution < 1.29 is 0 Å². The summed E-state index contributed by atoms with van der Waals surface area (Å²) in [5.41, 5.74) is 8.46. The Morgan fingerprint density at radius 1 is 1.30 bits per heavy atom. The minimum atomic E-state index is 0.403. The van der Waals surface area contributed by atoms with Crippen molar-refractivity contribution in [1.29, 1.82) is 5.26 Å². The van der Waals surface area contributed by atoms with Gasteiger partial charge in [0.1, 0.15) is 11.6 Å². The standard InChI is InChI=1S/C16H20N4/c1-10-6-7-13(8-11(10)2)20-14-5-3-4-12(9-17)15(14)19-16(20)18/h3-5,10-11,13H,6-8H2,1-2H3,(H2,18,19). The molecule has 1 heterocycles.